The van der Waals surface area contributed by atoms with Gasteiger partial charge in [-0.2, -0.15) is 0 Å². The maximum atomic E-state index is 12.5. The molecule has 0 radical (unpaired) electrons. The van der Waals surface area contributed by atoms with Crippen LogP contribution in [0.4, 0.5) is 5.82 Å². The number of amides is 1. The Hall–Kier alpha value is -0.730. The summed E-state index contributed by atoms with van der Waals surface area (Å²) in [7, 11) is 1.66. The Labute approximate surface area is 135 Å². The molecule has 1 aromatic heterocycles. The van der Waals surface area contributed by atoms with Crippen molar-refractivity contribution in [3.05, 3.63) is 33.2 Å². The van der Waals surface area contributed by atoms with E-state index in [2.05, 4.69) is 4.98 Å². The highest BCUT2D eigenvalue weighted by molar-refractivity contribution is 8.08. The molecule has 0 aliphatic carbocycles. The maximum Gasteiger partial charge on any atom is 0.269 e. The number of aliphatic hydroxyl groups is 1. The smallest absolute Gasteiger partial charge is 0.269 e. The first-order valence-electron chi connectivity index (χ1n) is 6.27. The Morgan fingerprint density at radius 3 is 2.86 bits per heavy atom. The van der Waals surface area contributed by atoms with E-state index in [-0.39, 0.29) is 12.0 Å². The molecule has 2 unspecified atom stereocenters. The highest BCUT2D eigenvalue weighted by atomic mass is 35.5. The van der Waals surface area contributed by atoms with Gasteiger partial charge >= 0.3 is 0 Å². The molecule has 8 heteroatoms. The topological polar surface area (TPSA) is 62.7 Å². The van der Waals surface area contributed by atoms with Gasteiger partial charge in [0.15, 0.2) is 6.23 Å². The van der Waals surface area contributed by atoms with Crippen molar-refractivity contribution in [3.63, 3.8) is 0 Å². The van der Waals surface area contributed by atoms with Gasteiger partial charge in [0.25, 0.3) is 5.91 Å². The number of methoxy groups -OCH3 is 1. The highest BCUT2D eigenvalue weighted by Crippen LogP contribution is 2.43. The van der Waals surface area contributed by atoms with Gasteiger partial charge in [0, 0.05) is 24.8 Å². The van der Waals surface area contributed by atoms with Gasteiger partial charge in [0.1, 0.15) is 5.82 Å². The molecular formula is C13H13ClN2O3S2. The van der Waals surface area contributed by atoms with Crippen LogP contribution in [-0.2, 0) is 9.53 Å². The van der Waals surface area contributed by atoms with Gasteiger partial charge in [-0.05, 0) is 12.1 Å². The summed E-state index contributed by atoms with van der Waals surface area (Å²) in [5.41, 5.74) is 0. The molecule has 21 heavy (non-hydrogen) atoms. The Morgan fingerprint density at radius 1 is 1.43 bits per heavy atom. The second-order valence-electron chi connectivity index (χ2n) is 4.56. The number of aromatic nitrogens is 1. The van der Waals surface area contributed by atoms with E-state index in [4.69, 9.17) is 16.3 Å². The summed E-state index contributed by atoms with van der Waals surface area (Å²) < 4.78 is 5.33. The fraction of sp³-hybridized carbons (Fsp3) is 0.385. The molecule has 0 fully saturated rings. The number of carbonyl (C=O) groups is 1. The minimum atomic E-state index is -0.991. The fourth-order valence-electron chi connectivity index (χ4n) is 2.12. The average molecular weight is 345 g/mol. The van der Waals surface area contributed by atoms with E-state index in [9.17, 15) is 9.90 Å². The van der Waals surface area contributed by atoms with E-state index < -0.39 is 6.23 Å². The molecule has 3 heterocycles. The molecule has 0 bridgehead atoms. The van der Waals surface area contributed by atoms with Crippen LogP contribution < -0.4 is 4.90 Å². The summed E-state index contributed by atoms with van der Waals surface area (Å²) in [6, 6.07) is 3.28. The van der Waals surface area contributed by atoms with E-state index in [0.29, 0.717) is 32.2 Å². The molecule has 0 saturated heterocycles. The molecule has 5 nitrogen and oxygen atoms in total. The summed E-state index contributed by atoms with van der Waals surface area (Å²) in [5.74, 6) is 1.59. The number of hydrogen-bond acceptors (Lipinski definition) is 6. The quantitative estimate of drug-likeness (QED) is 0.886. The molecule has 0 aromatic carbocycles. The van der Waals surface area contributed by atoms with E-state index in [1.165, 1.54) is 34.6 Å². The lowest BCUT2D eigenvalue weighted by Crippen LogP contribution is -2.36. The van der Waals surface area contributed by atoms with Crippen molar-refractivity contribution in [2.75, 3.05) is 23.5 Å². The second kappa shape index (κ2) is 6.18. The Bertz CT molecular complexity index is 594. The normalized spacial score (nSPS) is 26.0. The second-order valence-corrected chi connectivity index (χ2v) is 7.09. The number of aliphatic hydroxyl groups excluding tert-OH is 1. The number of carbonyl (C=O) groups excluding carboxylic acids is 1. The van der Waals surface area contributed by atoms with Crippen LogP contribution in [0.5, 0.6) is 0 Å². The van der Waals surface area contributed by atoms with Crippen LogP contribution in [0.1, 0.15) is 0 Å². The molecule has 1 amide bonds. The number of nitrogens with zero attached hydrogens (tertiary/aromatic N) is 2. The minimum absolute atomic E-state index is 0.0766. The fourth-order valence-corrected chi connectivity index (χ4v) is 4.90. The molecule has 2 atom stereocenters. The molecule has 3 rings (SSSR count). The highest BCUT2D eigenvalue weighted by Gasteiger charge is 2.42. The number of thioether (sulfide) groups is 2. The summed E-state index contributed by atoms with van der Waals surface area (Å²) in [6.45, 7) is 0. The van der Waals surface area contributed by atoms with Gasteiger partial charge in [-0.25, -0.2) is 4.98 Å². The van der Waals surface area contributed by atoms with Gasteiger partial charge < -0.3 is 9.84 Å². The molecule has 0 saturated carbocycles. The number of anilines is 1. The Balaban J connectivity index is 1.86. The van der Waals surface area contributed by atoms with E-state index in [1.54, 1.807) is 19.2 Å². The third-order valence-corrected chi connectivity index (χ3v) is 6.08. The summed E-state index contributed by atoms with van der Waals surface area (Å²) in [6.07, 6.45) is 0.545. The van der Waals surface area contributed by atoms with Gasteiger partial charge in [-0.15, -0.1) is 23.5 Å². The molecule has 112 valence electrons. The van der Waals surface area contributed by atoms with Crippen molar-refractivity contribution >= 4 is 46.8 Å². The third-order valence-electron chi connectivity index (χ3n) is 3.25. The van der Waals surface area contributed by atoms with Gasteiger partial charge in [-0.3, -0.25) is 9.69 Å². The number of pyridine rings is 1. The van der Waals surface area contributed by atoms with E-state index in [0.717, 1.165) is 0 Å². The van der Waals surface area contributed by atoms with E-state index >= 15 is 0 Å². The standard InChI is InChI=1S/C13H13ClN2O3S2/c1-19-8-5-20-10-11(21-6-8)13(18)16(12(10)17)9-3-2-7(14)4-15-9/h2-4,8,12,17H,5-6H2,1H3. The molecule has 2 aliphatic rings. The molecule has 0 spiro atoms. The first-order chi connectivity index (χ1) is 10.1. The summed E-state index contributed by atoms with van der Waals surface area (Å²) in [5, 5.41) is 10.9. The Kier molecular flexibility index (Phi) is 4.46. The number of hydrogen-bond donors (Lipinski definition) is 1. The molecule has 1 N–H and O–H groups in total. The Morgan fingerprint density at radius 2 is 2.19 bits per heavy atom. The largest absolute Gasteiger partial charge is 0.380 e. The lowest BCUT2D eigenvalue weighted by Gasteiger charge is -2.22. The van der Waals surface area contributed by atoms with E-state index in [1.807, 2.05) is 0 Å². The van der Waals surface area contributed by atoms with Gasteiger partial charge in [0.05, 0.1) is 20.9 Å². The average Bonchev–Trinajstić information content (AvgIpc) is 2.66. The van der Waals surface area contributed by atoms with Crippen molar-refractivity contribution in [2.45, 2.75) is 12.3 Å². The monoisotopic (exact) mass is 344 g/mol. The minimum Gasteiger partial charge on any atom is -0.380 e. The zero-order valence-corrected chi connectivity index (χ0v) is 13.5. The van der Waals surface area contributed by atoms with Crippen LogP contribution in [0.25, 0.3) is 0 Å². The predicted molar refractivity (Wildman–Crippen MR) is 85.5 cm³/mol. The van der Waals surface area contributed by atoms with Crippen LogP contribution in [0.3, 0.4) is 0 Å². The van der Waals surface area contributed by atoms with Crippen molar-refractivity contribution in [2.24, 2.45) is 0 Å². The first-order valence-corrected chi connectivity index (χ1v) is 8.62. The van der Waals surface area contributed by atoms with Gasteiger partial charge in [-0.1, -0.05) is 11.6 Å². The van der Waals surface area contributed by atoms with Crippen LogP contribution in [0, 0.1) is 0 Å². The molecular weight excluding hydrogens is 332 g/mol. The number of rotatable bonds is 2. The van der Waals surface area contributed by atoms with Crippen LogP contribution >= 0.6 is 35.1 Å². The zero-order valence-electron chi connectivity index (χ0n) is 11.2. The maximum absolute atomic E-state index is 12.5. The van der Waals surface area contributed by atoms with Crippen LogP contribution in [0.15, 0.2) is 28.1 Å². The number of ether oxygens (including phenoxy) is 1. The lowest BCUT2D eigenvalue weighted by molar-refractivity contribution is -0.115. The van der Waals surface area contributed by atoms with Crippen molar-refractivity contribution in [3.8, 4) is 0 Å². The molecule has 2 aliphatic heterocycles. The summed E-state index contributed by atoms with van der Waals surface area (Å²) in [4.78, 5) is 19.2. The van der Waals surface area contributed by atoms with Crippen molar-refractivity contribution in [1.29, 1.82) is 0 Å². The predicted octanol–water partition coefficient (Wildman–Crippen LogP) is 2.11. The van der Waals surface area contributed by atoms with Crippen molar-refractivity contribution in [1.82, 2.24) is 4.98 Å². The zero-order chi connectivity index (χ0) is 15.0. The van der Waals surface area contributed by atoms with Gasteiger partial charge in [0.2, 0.25) is 0 Å². The molecule has 1 aromatic rings. The third kappa shape index (κ3) is 2.80. The lowest BCUT2D eigenvalue weighted by atomic mass is 10.4. The SMILES string of the molecule is COC1CSC2=C(SC1)C(O)N(c1ccc(Cl)cn1)C2=O. The first kappa shape index (κ1) is 15.2. The summed E-state index contributed by atoms with van der Waals surface area (Å²) >= 11 is 8.70. The van der Waals surface area contributed by atoms with Crippen LogP contribution in [0.2, 0.25) is 5.02 Å². The van der Waals surface area contributed by atoms with Crippen molar-refractivity contribution < 1.29 is 14.6 Å². The van der Waals surface area contributed by atoms with Crippen LogP contribution in [-0.4, -0.2) is 46.9 Å². The number of halogens is 1.